The molecule has 12 N–H and O–H groups in total. The van der Waals surface area contributed by atoms with Gasteiger partial charge in [-0.2, -0.15) is 0 Å². The highest BCUT2D eigenvalue weighted by atomic mass is 35.5. The van der Waals surface area contributed by atoms with Crippen LogP contribution in [0.2, 0.25) is 5.02 Å². The van der Waals surface area contributed by atoms with Gasteiger partial charge in [0.25, 0.3) is 35.4 Å². The molecule has 23 nitrogen and oxygen atoms in total. The Morgan fingerprint density at radius 3 is 1.40 bits per heavy atom. The Morgan fingerprint density at radius 2 is 0.941 bits per heavy atom. The molecule has 6 amide bonds. The average Bonchev–Trinajstić information content (AvgIpc) is 1.51. The van der Waals surface area contributed by atoms with E-state index in [1.165, 1.54) is 59.6 Å². The Kier molecular flexibility index (Phi) is 28.3. The van der Waals surface area contributed by atoms with Crippen molar-refractivity contribution in [3.05, 3.63) is 295 Å². The zero-order valence-corrected chi connectivity index (χ0v) is 58.6. The second kappa shape index (κ2) is 36.7. The van der Waals surface area contributed by atoms with Gasteiger partial charge in [-0.15, -0.1) is 11.3 Å². The van der Waals surface area contributed by atoms with Crippen LogP contribution < -0.4 is 42.0 Å². The third-order valence-electron chi connectivity index (χ3n) is 15.7. The number of hydroxylamine groups is 4. The SMILES string of the molecule is CC(NC(=O)c1ccc(-n2cccc2)cc1)c1ccc(C(=O)NO)cc1.CC(NS(=O)(=O)Cc1ccc(Cl)cc1)c1ccc(C(=O)NO)cc1.CCC[C@@H](NC(=O)c1sc2ccccc2c1C)c1ccc(C(=O)NO)cc1.Cc1cc(F)ccc1S(=O)(=O)NC(C)c1ccc(C(=O)NO)cc1. The fourth-order valence-electron chi connectivity index (χ4n) is 10.2. The number of halogens is 2. The van der Waals surface area contributed by atoms with E-state index in [0.717, 1.165) is 62.3 Å². The monoisotopic (exact) mass is 1450 g/mol. The molecule has 8 aromatic carbocycles. The number of aryl methyl sites for hydroxylation is 2. The maximum Gasteiger partial charge on any atom is 0.274 e. The molecule has 0 fully saturated rings. The number of sulfonamides is 2. The van der Waals surface area contributed by atoms with Crippen molar-refractivity contribution in [2.45, 2.75) is 89.2 Å². The van der Waals surface area contributed by atoms with E-state index in [4.69, 9.17) is 32.4 Å². The normalized spacial score (nSPS) is 12.2. The van der Waals surface area contributed by atoms with Gasteiger partial charge < -0.3 is 15.2 Å². The summed E-state index contributed by atoms with van der Waals surface area (Å²) in [5.41, 5.74) is 14.1. The van der Waals surface area contributed by atoms with Gasteiger partial charge in [-0.25, -0.2) is 52.6 Å². The molecule has 528 valence electrons. The Balaban J connectivity index is 0.000000189. The highest BCUT2D eigenvalue weighted by Gasteiger charge is 2.24. The van der Waals surface area contributed by atoms with Crippen LogP contribution in [0.15, 0.2) is 217 Å². The number of carbonyl (C=O) groups excluding carboxylic acids is 6. The first kappa shape index (κ1) is 78.0. The minimum Gasteiger partial charge on any atom is -0.346 e. The quantitative estimate of drug-likeness (QED) is 0.0222. The van der Waals surface area contributed by atoms with E-state index in [-0.39, 0.29) is 45.7 Å². The number of hydrogen-bond acceptors (Lipinski definition) is 15. The van der Waals surface area contributed by atoms with Crippen LogP contribution >= 0.6 is 22.9 Å². The molecule has 0 bridgehead atoms. The fraction of sp³-hybridized carbons (Fsp3) is 0.178. The lowest BCUT2D eigenvalue weighted by atomic mass is 10.0. The van der Waals surface area contributed by atoms with Crippen molar-refractivity contribution in [3.63, 3.8) is 0 Å². The molecule has 2 heterocycles. The minimum atomic E-state index is -3.82. The van der Waals surface area contributed by atoms with Crippen LogP contribution in [0.3, 0.4) is 0 Å². The van der Waals surface area contributed by atoms with Crippen molar-refractivity contribution in [2.75, 3.05) is 0 Å². The summed E-state index contributed by atoms with van der Waals surface area (Å²) in [7, 11) is -7.36. The van der Waals surface area contributed by atoms with Crippen molar-refractivity contribution in [1.29, 1.82) is 0 Å². The largest absolute Gasteiger partial charge is 0.346 e. The summed E-state index contributed by atoms with van der Waals surface area (Å²) in [6, 6.07) is 53.8. The zero-order chi connectivity index (χ0) is 73.6. The molecule has 0 aliphatic heterocycles. The molecule has 0 saturated heterocycles. The molecule has 28 heteroatoms. The molecular formula is C73H75ClFN9O14S3. The van der Waals surface area contributed by atoms with Crippen LogP contribution in [-0.4, -0.2) is 77.7 Å². The topological polar surface area (TPSA) is 353 Å². The van der Waals surface area contributed by atoms with Crippen molar-refractivity contribution in [3.8, 4) is 5.69 Å². The summed E-state index contributed by atoms with van der Waals surface area (Å²) in [5, 5.41) is 42.2. The third kappa shape index (κ3) is 22.1. The summed E-state index contributed by atoms with van der Waals surface area (Å²) in [6.07, 6.45) is 5.59. The molecular weight excluding hydrogens is 1380 g/mol. The van der Waals surface area contributed by atoms with Gasteiger partial charge in [0.15, 0.2) is 0 Å². The Labute approximate surface area is 592 Å². The van der Waals surface area contributed by atoms with Crippen molar-refractivity contribution in [2.24, 2.45) is 0 Å². The van der Waals surface area contributed by atoms with Gasteiger partial charge in [0.05, 0.1) is 27.6 Å². The number of hydrogen-bond donors (Lipinski definition) is 12. The standard InChI is InChI=1S/C21H22N2O3S.C20H19N3O3.C16H17ClN2O4S.C16H17FN2O4S/c1-3-6-17(14-9-11-15(12-10-14)20(24)23-26)22-21(25)19-13(2)16-7-4-5-8-18(16)27-19;1-14(15-4-6-17(7-5-15)20(25)22-26)21-19(24)16-8-10-18(11-9-16)23-12-2-3-13-23;1-11(13-4-6-14(7-5-13)16(20)18-21)19-24(22,23)10-12-2-8-15(17)9-3-12;1-10-9-14(17)7-8-15(10)24(22,23)19-11(2)12-3-5-13(6-4-12)16(20)18-21/h4-5,7-12,17,26H,3,6H2,1-2H3,(H,22,25)(H,23,24);2-14,26H,1H3,(H,21,24)(H,22,25);2-9,11,19,21H,10H2,1H3,(H,18,20);3-9,11,19,21H,1-2H3,(H,18,20)/t17-;;;/m1.../s1. The molecule has 101 heavy (non-hydrogen) atoms. The lowest BCUT2D eigenvalue weighted by Gasteiger charge is -2.19. The van der Waals surface area contributed by atoms with E-state index in [1.54, 1.807) is 122 Å². The zero-order valence-electron chi connectivity index (χ0n) is 55.4. The maximum atomic E-state index is 13.1. The molecule has 0 aliphatic rings. The summed E-state index contributed by atoms with van der Waals surface area (Å²) in [5.74, 6) is -3.32. The number of amides is 6. The predicted octanol–water partition coefficient (Wildman–Crippen LogP) is 12.6. The third-order valence-corrected chi connectivity index (χ3v) is 20.3. The van der Waals surface area contributed by atoms with E-state index < -0.39 is 61.6 Å². The first-order chi connectivity index (χ1) is 48.2. The Morgan fingerprint density at radius 1 is 0.505 bits per heavy atom. The van der Waals surface area contributed by atoms with E-state index in [2.05, 4.69) is 27.0 Å². The number of nitrogens with one attached hydrogen (secondary N) is 8. The number of nitrogens with zero attached hydrogens (tertiary/aromatic N) is 1. The number of benzene rings is 8. The molecule has 10 aromatic rings. The summed E-state index contributed by atoms with van der Waals surface area (Å²) in [4.78, 5) is 71.4. The van der Waals surface area contributed by atoms with Crippen LogP contribution in [0.1, 0.15) is 165 Å². The Bertz CT molecular complexity index is 4710. The predicted molar refractivity (Wildman–Crippen MR) is 382 cm³/mol. The van der Waals surface area contributed by atoms with Gasteiger partial charge in [-0.1, -0.05) is 104 Å². The molecule has 3 unspecified atom stereocenters. The van der Waals surface area contributed by atoms with Gasteiger partial charge in [-0.05, 0) is 207 Å². The van der Waals surface area contributed by atoms with E-state index in [9.17, 15) is 50.0 Å². The number of carbonyl (C=O) groups is 6. The van der Waals surface area contributed by atoms with Crippen LogP contribution in [-0.2, 0) is 25.8 Å². The fourth-order valence-corrected chi connectivity index (χ4v) is 14.3. The lowest BCUT2D eigenvalue weighted by molar-refractivity contribution is 0.0702. The van der Waals surface area contributed by atoms with Crippen molar-refractivity contribution in [1.82, 2.24) is 46.6 Å². The van der Waals surface area contributed by atoms with Gasteiger partial charge in [0.2, 0.25) is 20.0 Å². The van der Waals surface area contributed by atoms with Crippen LogP contribution in [0.5, 0.6) is 0 Å². The highest BCUT2D eigenvalue weighted by molar-refractivity contribution is 7.89. The second-order valence-corrected chi connectivity index (χ2v) is 27.9. The van der Waals surface area contributed by atoms with Crippen molar-refractivity contribution < 1.29 is 70.8 Å². The number of rotatable bonds is 22. The number of thiophene rings is 1. The molecule has 4 atom stereocenters. The van der Waals surface area contributed by atoms with Crippen molar-refractivity contribution >= 4 is 88.5 Å². The van der Waals surface area contributed by atoms with Crippen LogP contribution in [0.4, 0.5) is 4.39 Å². The van der Waals surface area contributed by atoms with Crippen LogP contribution in [0, 0.1) is 19.7 Å². The lowest BCUT2D eigenvalue weighted by Crippen LogP contribution is -2.28. The Hall–Kier alpha value is -10.3. The maximum absolute atomic E-state index is 13.1. The van der Waals surface area contributed by atoms with Crippen LogP contribution in [0.25, 0.3) is 15.8 Å². The molecule has 10 rings (SSSR count). The van der Waals surface area contributed by atoms with E-state index in [0.29, 0.717) is 44.0 Å². The summed E-state index contributed by atoms with van der Waals surface area (Å²) >= 11 is 7.29. The molecule has 0 aliphatic carbocycles. The average molecular weight is 1450 g/mol. The first-order valence-corrected chi connectivity index (χ1v) is 35.5. The molecule has 2 aromatic heterocycles. The van der Waals surface area contributed by atoms with E-state index in [1.807, 2.05) is 91.5 Å². The highest BCUT2D eigenvalue weighted by Crippen LogP contribution is 2.32. The molecule has 0 radical (unpaired) electrons. The number of aromatic nitrogens is 1. The molecule has 0 saturated carbocycles. The summed E-state index contributed by atoms with van der Waals surface area (Å²) < 4.78 is 70.7. The van der Waals surface area contributed by atoms with Gasteiger partial charge in [0.1, 0.15) is 5.82 Å². The number of fused-ring (bicyclic) bond motifs is 1. The summed E-state index contributed by atoms with van der Waals surface area (Å²) in [6.45, 7) is 10.8. The van der Waals surface area contributed by atoms with Gasteiger partial charge >= 0.3 is 0 Å². The smallest absolute Gasteiger partial charge is 0.274 e. The van der Waals surface area contributed by atoms with E-state index >= 15 is 0 Å². The molecule has 0 spiro atoms. The minimum absolute atomic E-state index is 0.00651. The second-order valence-electron chi connectivity index (χ2n) is 22.9. The van der Waals surface area contributed by atoms with Gasteiger partial charge in [-0.3, -0.25) is 49.6 Å². The first-order valence-electron chi connectivity index (χ1n) is 31.2. The van der Waals surface area contributed by atoms with Gasteiger partial charge in [0, 0.05) is 67.7 Å².